The minimum absolute atomic E-state index is 0.00995. The number of rotatable bonds is 5. The Kier molecular flexibility index (Phi) is 4.58. The number of carbonyl (C=O) groups excluding carboxylic acids is 1. The molecule has 0 N–H and O–H groups in total. The second-order valence-corrected chi connectivity index (χ2v) is 6.15. The molecule has 0 saturated carbocycles. The van der Waals surface area contributed by atoms with Crippen molar-refractivity contribution in [2.24, 2.45) is 0 Å². The molecule has 0 amide bonds. The zero-order valence-corrected chi connectivity index (χ0v) is 14.4. The van der Waals surface area contributed by atoms with Crippen molar-refractivity contribution in [3.63, 3.8) is 0 Å². The molecule has 1 heterocycles. The number of allylic oxidation sites excluding steroid dienone is 1. The molecule has 0 aliphatic carbocycles. The molecule has 0 atom stereocenters. The largest absolute Gasteiger partial charge is 0.489 e. The number of aryl methyl sites for hydroxylation is 1. The molecule has 0 aromatic heterocycles. The van der Waals surface area contributed by atoms with Gasteiger partial charge in [-0.2, -0.15) is 0 Å². The van der Waals surface area contributed by atoms with Crippen LogP contribution in [0.25, 0.3) is 6.08 Å². The van der Waals surface area contributed by atoms with E-state index in [9.17, 15) is 14.9 Å². The third kappa shape index (κ3) is 3.49. The van der Waals surface area contributed by atoms with E-state index in [2.05, 4.69) is 6.58 Å². The van der Waals surface area contributed by atoms with Gasteiger partial charge in [0.15, 0.2) is 5.76 Å². The minimum atomic E-state index is -0.472. The number of nitro groups is 1. The minimum Gasteiger partial charge on any atom is -0.489 e. The number of non-ortho nitro benzene ring substituents is 1. The van der Waals surface area contributed by atoms with Gasteiger partial charge in [-0.1, -0.05) is 6.58 Å². The van der Waals surface area contributed by atoms with E-state index in [1.54, 1.807) is 30.3 Å². The van der Waals surface area contributed by atoms with Gasteiger partial charge in [-0.3, -0.25) is 14.9 Å². The van der Waals surface area contributed by atoms with Crippen molar-refractivity contribution in [1.29, 1.82) is 0 Å². The summed E-state index contributed by atoms with van der Waals surface area (Å²) in [5.41, 5.74) is 2.78. The SMILES string of the molecule is C=C(C)COc1cc(C)c2c(c1)O/C(=C\c1ccc([N+](=O)[O-])cc1)C2=O. The lowest BCUT2D eigenvalue weighted by Crippen LogP contribution is -2.00. The van der Waals surface area contributed by atoms with Gasteiger partial charge in [0, 0.05) is 18.2 Å². The normalized spacial score (nSPS) is 14.1. The summed E-state index contributed by atoms with van der Waals surface area (Å²) in [7, 11) is 0. The monoisotopic (exact) mass is 351 g/mol. The van der Waals surface area contributed by atoms with E-state index >= 15 is 0 Å². The first-order chi connectivity index (χ1) is 12.3. The maximum Gasteiger partial charge on any atom is 0.269 e. The predicted molar refractivity (Wildman–Crippen MR) is 97.5 cm³/mol. The number of hydrogen-bond acceptors (Lipinski definition) is 5. The van der Waals surface area contributed by atoms with Gasteiger partial charge in [-0.05, 0) is 54.8 Å². The van der Waals surface area contributed by atoms with Gasteiger partial charge in [-0.15, -0.1) is 0 Å². The van der Waals surface area contributed by atoms with Gasteiger partial charge < -0.3 is 9.47 Å². The van der Waals surface area contributed by atoms with Gasteiger partial charge in [-0.25, -0.2) is 0 Å². The standard InChI is InChI=1S/C20H17NO5/c1-12(2)11-25-16-8-13(3)19-17(10-16)26-18(20(19)22)9-14-4-6-15(7-5-14)21(23)24/h4-10H,1,11H2,2-3H3/b18-9-. The topological polar surface area (TPSA) is 78.7 Å². The maximum atomic E-state index is 12.6. The summed E-state index contributed by atoms with van der Waals surface area (Å²) in [5, 5.41) is 10.7. The highest BCUT2D eigenvalue weighted by molar-refractivity contribution is 6.15. The third-order valence-corrected chi connectivity index (χ3v) is 3.83. The molecule has 0 radical (unpaired) electrons. The van der Waals surface area contributed by atoms with Crippen LogP contribution in [0.15, 0.2) is 54.3 Å². The van der Waals surface area contributed by atoms with E-state index in [1.807, 2.05) is 13.8 Å². The fourth-order valence-corrected chi connectivity index (χ4v) is 2.61. The molecule has 0 fully saturated rings. The molecule has 0 spiro atoms. The Morgan fingerprint density at radius 1 is 1.31 bits per heavy atom. The Morgan fingerprint density at radius 3 is 2.62 bits per heavy atom. The van der Waals surface area contributed by atoms with Crippen LogP contribution in [0.1, 0.15) is 28.4 Å². The Labute approximate surface area is 150 Å². The van der Waals surface area contributed by atoms with Crippen LogP contribution < -0.4 is 9.47 Å². The van der Waals surface area contributed by atoms with Crippen LogP contribution in [0.5, 0.6) is 11.5 Å². The van der Waals surface area contributed by atoms with Crippen LogP contribution in [0.2, 0.25) is 0 Å². The van der Waals surface area contributed by atoms with Gasteiger partial charge in [0.2, 0.25) is 5.78 Å². The molecule has 2 aromatic rings. The van der Waals surface area contributed by atoms with Crippen molar-refractivity contribution in [3.8, 4) is 11.5 Å². The van der Waals surface area contributed by atoms with Crippen LogP contribution in [0.3, 0.4) is 0 Å². The Morgan fingerprint density at radius 2 is 2.00 bits per heavy atom. The molecular formula is C20H17NO5. The van der Waals surface area contributed by atoms with Crippen molar-refractivity contribution >= 4 is 17.5 Å². The van der Waals surface area contributed by atoms with Crippen molar-refractivity contribution < 1.29 is 19.2 Å². The highest BCUT2D eigenvalue weighted by atomic mass is 16.6. The van der Waals surface area contributed by atoms with Crippen molar-refractivity contribution in [2.45, 2.75) is 13.8 Å². The van der Waals surface area contributed by atoms with Gasteiger partial charge in [0.05, 0.1) is 10.5 Å². The molecule has 26 heavy (non-hydrogen) atoms. The lowest BCUT2D eigenvalue weighted by molar-refractivity contribution is -0.384. The zero-order valence-electron chi connectivity index (χ0n) is 14.4. The van der Waals surface area contributed by atoms with Gasteiger partial charge in [0.1, 0.15) is 18.1 Å². The summed E-state index contributed by atoms with van der Waals surface area (Å²) in [6.07, 6.45) is 1.57. The third-order valence-electron chi connectivity index (χ3n) is 3.83. The van der Waals surface area contributed by atoms with E-state index in [0.29, 0.717) is 29.2 Å². The number of hydrogen-bond donors (Lipinski definition) is 0. The number of benzene rings is 2. The Bertz CT molecular complexity index is 941. The first-order valence-electron chi connectivity index (χ1n) is 7.95. The smallest absolute Gasteiger partial charge is 0.269 e. The molecular weight excluding hydrogens is 334 g/mol. The molecule has 0 bridgehead atoms. The Hall–Kier alpha value is -3.41. The number of ketones is 1. The van der Waals surface area contributed by atoms with Crippen molar-refractivity contribution in [2.75, 3.05) is 6.61 Å². The number of ether oxygens (including phenoxy) is 2. The fourth-order valence-electron chi connectivity index (χ4n) is 2.61. The van der Waals surface area contributed by atoms with E-state index < -0.39 is 4.92 Å². The summed E-state index contributed by atoms with van der Waals surface area (Å²) in [6.45, 7) is 7.87. The number of nitro benzene ring substituents is 1. The Balaban J connectivity index is 1.87. The van der Waals surface area contributed by atoms with E-state index in [1.165, 1.54) is 12.1 Å². The molecule has 132 valence electrons. The summed E-state index contributed by atoms with van der Waals surface area (Å²) >= 11 is 0. The van der Waals surface area contributed by atoms with E-state index in [-0.39, 0.29) is 17.2 Å². The van der Waals surface area contributed by atoms with E-state index in [0.717, 1.165) is 11.1 Å². The van der Waals surface area contributed by atoms with Crippen LogP contribution >= 0.6 is 0 Å². The van der Waals surface area contributed by atoms with Crippen molar-refractivity contribution in [3.05, 3.63) is 81.1 Å². The molecule has 3 rings (SSSR count). The summed E-state index contributed by atoms with van der Waals surface area (Å²) in [5.74, 6) is 1.00. The van der Waals surface area contributed by atoms with Crippen molar-refractivity contribution in [1.82, 2.24) is 0 Å². The quantitative estimate of drug-likeness (QED) is 0.344. The average molecular weight is 351 g/mol. The number of fused-ring (bicyclic) bond motifs is 1. The lowest BCUT2D eigenvalue weighted by Gasteiger charge is -2.08. The second-order valence-electron chi connectivity index (χ2n) is 6.15. The van der Waals surface area contributed by atoms with Crippen LogP contribution in [-0.2, 0) is 0 Å². The molecule has 2 aromatic carbocycles. The summed E-state index contributed by atoms with van der Waals surface area (Å²) < 4.78 is 11.3. The van der Waals surface area contributed by atoms with E-state index in [4.69, 9.17) is 9.47 Å². The first kappa shape index (κ1) is 17.4. The van der Waals surface area contributed by atoms with Gasteiger partial charge >= 0.3 is 0 Å². The van der Waals surface area contributed by atoms with Crippen LogP contribution in [0, 0.1) is 17.0 Å². The maximum absolute atomic E-state index is 12.6. The average Bonchev–Trinajstić information content (AvgIpc) is 2.89. The number of Topliss-reactive ketones (excluding diaryl/α,β-unsaturated/α-hetero) is 1. The molecule has 1 aliphatic heterocycles. The number of nitrogens with zero attached hydrogens (tertiary/aromatic N) is 1. The molecule has 6 heteroatoms. The molecule has 0 unspecified atom stereocenters. The fraction of sp³-hybridized carbons (Fsp3) is 0.150. The lowest BCUT2D eigenvalue weighted by atomic mass is 10.0. The number of carbonyl (C=O) groups is 1. The zero-order chi connectivity index (χ0) is 18.8. The van der Waals surface area contributed by atoms with Crippen LogP contribution in [-0.4, -0.2) is 17.3 Å². The second kappa shape index (κ2) is 6.84. The first-order valence-corrected chi connectivity index (χ1v) is 7.95. The summed E-state index contributed by atoms with van der Waals surface area (Å²) in [4.78, 5) is 22.9. The molecule has 0 saturated heterocycles. The summed E-state index contributed by atoms with van der Waals surface area (Å²) in [6, 6.07) is 9.37. The highest BCUT2D eigenvalue weighted by Gasteiger charge is 2.30. The molecule has 1 aliphatic rings. The molecule has 6 nitrogen and oxygen atoms in total. The predicted octanol–water partition coefficient (Wildman–Crippen LogP) is 4.47. The highest BCUT2D eigenvalue weighted by Crippen LogP contribution is 2.37. The van der Waals surface area contributed by atoms with Crippen LogP contribution in [0.4, 0.5) is 5.69 Å². The van der Waals surface area contributed by atoms with Gasteiger partial charge in [0.25, 0.3) is 5.69 Å².